The Kier molecular flexibility index (Phi) is 3.77. The van der Waals surface area contributed by atoms with Crippen LogP contribution in [-0.2, 0) is 14.3 Å². The lowest BCUT2D eigenvalue weighted by Crippen LogP contribution is -2.23. The van der Waals surface area contributed by atoms with Gasteiger partial charge in [-0.1, -0.05) is 30.3 Å². The van der Waals surface area contributed by atoms with Crippen LogP contribution in [0.3, 0.4) is 0 Å². The number of methoxy groups -OCH3 is 1. The molecule has 0 unspecified atom stereocenters. The first-order valence-corrected chi connectivity index (χ1v) is 5.88. The number of carbonyl (C=O) groups is 2. The summed E-state index contributed by atoms with van der Waals surface area (Å²) in [6, 6.07) is 9.40. The van der Waals surface area contributed by atoms with Crippen LogP contribution in [0, 0.1) is 0 Å². The summed E-state index contributed by atoms with van der Waals surface area (Å²) < 4.78 is 4.64. The summed E-state index contributed by atoms with van der Waals surface area (Å²) >= 11 is 0. The Bertz CT molecular complexity index is 479. The first-order valence-electron chi connectivity index (χ1n) is 5.88. The number of likely N-dealkylation sites (tertiary alicyclic amines) is 1. The monoisotopic (exact) mass is 245 g/mol. The Hall–Kier alpha value is -2.10. The molecule has 1 saturated heterocycles. The molecule has 2 rings (SSSR count). The van der Waals surface area contributed by atoms with Gasteiger partial charge in [0.2, 0.25) is 5.91 Å². The van der Waals surface area contributed by atoms with Gasteiger partial charge in [0, 0.05) is 19.0 Å². The molecule has 0 aromatic heterocycles. The van der Waals surface area contributed by atoms with Crippen LogP contribution in [0.5, 0.6) is 0 Å². The van der Waals surface area contributed by atoms with E-state index < -0.39 is 5.97 Å². The molecule has 18 heavy (non-hydrogen) atoms. The molecule has 0 atom stereocenters. The van der Waals surface area contributed by atoms with Gasteiger partial charge in [-0.2, -0.15) is 0 Å². The summed E-state index contributed by atoms with van der Waals surface area (Å²) in [6.45, 7) is 0.649. The highest BCUT2D eigenvalue weighted by atomic mass is 16.5. The normalized spacial score (nSPS) is 15.9. The van der Waals surface area contributed by atoms with E-state index in [1.54, 1.807) is 4.90 Å². The van der Waals surface area contributed by atoms with E-state index in [0.29, 0.717) is 18.7 Å². The van der Waals surface area contributed by atoms with E-state index in [2.05, 4.69) is 4.74 Å². The lowest BCUT2D eigenvalue weighted by Gasteiger charge is -2.19. The van der Waals surface area contributed by atoms with Crippen LogP contribution in [0.2, 0.25) is 0 Å². The van der Waals surface area contributed by atoms with Crippen molar-refractivity contribution in [1.29, 1.82) is 0 Å². The molecule has 0 N–H and O–H groups in total. The number of benzene rings is 1. The summed E-state index contributed by atoms with van der Waals surface area (Å²) in [6.07, 6.45) is 2.73. The van der Waals surface area contributed by atoms with Crippen LogP contribution in [0.25, 0.3) is 5.70 Å². The van der Waals surface area contributed by atoms with Crippen LogP contribution in [0.1, 0.15) is 18.4 Å². The van der Waals surface area contributed by atoms with Crippen molar-refractivity contribution >= 4 is 17.6 Å². The fourth-order valence-corrected chi connectivity index (χ4v) is 2.00. The van der Waals surface area contributed by atoms with E-state index in [1.165, 1.54) is 13.2 Å². The highest BCUT2D eigenvalue weighted by Gasteiger charge is 2.25. The SMILES string of the molecule is COC(=O)/C=C(/c1ccccc1)N1CCCC1=O. The molecule has 0 bridgehead atoms. The highest BCUT2D eigenvalue weighted by Crippen LogP contribution is 2.24. The Morgan fingerprint density at radius 1 is 1.33 bits per heavy atom. The van der Waals surface area contributed by atoms with Crippen molar-refractivity contribution in [3.63, 3.8) is 0 Å². The van der Waals surface area contributed by atoms with Crippen LogP contribution < -0.4 is 0 Å². The second kappa shape index (κ2) is 5.49. The predicted molar refractivity (Wildman–Crippen MR) is 67.4 cm³/mol. The van der Waals surface area contributed by atoms with Gasteiger partial charge in [0.25, 0.3) is 0 Å². The van der Waals surface area contributed by atoms with Gasteiger partial charge >= 0.3 is 5.97 Å². The van der Waals surface area contributed by atoms with E-state index in [-0.39, 0.29) is 5.91 Å². The third kappa shape index (κ3) is 2.59. The molecular weight excluding hydrogens is 230 g/mol. The van der Waals surface area contributed by atoms with Crippen molar-refractivity contribution in [3.05, 3.63) is 42.0 Å². The molecule has 1 aliphatic rings. The Balaban J connectivity index is 2.38. The number of hydrogen-bond donors (Lipinski definition) is 0. The van der Waals surface area contributed by atoms with Crippen LogP contribution in [-0.4, -0.2) is 30.4 Å². The lowest BCUT2D eigenvalue weighted by molar-refractivity contribution is -0.134. The molecule has 94 valence electrons. The quantitative estimate of drug-likeness (QED) is 0.603. The molecule has 4 nitrogen and oxygen atoms in total. The summed E-state index contributed by atoms with van der Waals surface area (Å²) in [4.78, 5) is 24.9. The molecule has 0 radical (unpaired) electrons. The molecule has 1 aromatic carbocycles. The Labute approximate surface area is 106 Å². The van der Waals surface area contributed by atoms with E-state index in [9.17, 15) is 9.59 Å². The largest absolute Gasteiger partial charge is 0.466 e. The zero-order chi connectivity index (χ0) is 13.0. The van der Waals surface area contributed by atoms with Gasteiger partial charge in [0.15, 0.2) is 0 Å². The lowest BCUT2D eigenvalue weighted by atomic mass is 10.1. The van der Waals surface area contributed by atoms with Gasteiger partial charge in [0.1, 0.15) is 0 Å². The van der Waals surface area contributed by atoms with Gasteiger partial charge in [-0.3, -0.25) is 4.79 Å². The van der Waals surface area contributed by atoms with Gasteiger partial charge < -0.3 is 9.64 Å². The molecule has 1 fully saturated rings. The average molecular weight is 245 g/mol. The number of nitrogens with zero attached hydrogens (tertiary/aromatic N) is 1. The van der Waals surface area contributed by atoms with E-state index in [4.69, 9.17) is 0 Å². The summed E-state index contributed by atoms with van der Waals surface area (Å²) in [7, 11) is 1.33. The number of amides is 1. The fourth-order valence-electron chi connectivity index (χ4n) is 2.00. The van der Waals surface area contributed by atoms with E-state index in [1.807, 2.05) is 30.3 Å². The van der Waals surface area contributed by atoms with Crippen molar-refractivity contribution in [2.75, 3.05) is 13.7 Å². The predicted octanol–water partition coefficient (Wildman–Crippen LogP) is 1.82. The van der Waals surface area contributed by atoms with E-state index >= 15 is 0 Å². The second-order valence-corrected chi connectivity index (χ2v) is 4.07. The number of ether oxygens (including phenoxy) is 1. The Morgan fingerprint density at radius 2 is 2.06 bits per heavy atom. The van der Waals surface area contributed by atoms with Gasteiger partial charge in [-0.15, -0.1) is 0 Å². The second-order valence-electron chi connectivity index (χ2n) is 4.07. The molecule has 4 heteroatoms. The molecule has 1 heterocycles. The number of rotatable bonds is 3. The maximum atomic E-state index is 11.8. The minimum Gasteiger partial charge on any atom is -0.466 e. The number of hydrogen-bond acceptors (Lipinski definition) is 3. The fraction of sp³-hybridized carbons (Fsp3) is 0.286. The average Bonchev–Trinajstić information content (AvgIpc) is 2.83. The van der Waals surface area contributed by atoms with Crippen molar-refractivity contribution in [2.45, 2.75) is 12.8 Å². The minimum atomic E-state index is -0.450. The standard InChI is InChI=1S/C14H15NO3/c1-18-14(17)10-12(11-6-3-2-4-7-11)15-9-5-8-13(15)16/h2-4,6-7,10H,5,8-9H2,1H3/b12-10-. The molecule has 0 aliphatic carbocycles. The molecular formula is C14H15NO3. The van der Waals surface area contributed by atoms with Crippen LogP contribution >= 0.6 is 0 Å². The topological polar surface area (TPSA) is 46.6 Å². The summed E-state index contributed by atoms with van der Waals surface area (Å²) in [5.74, 6) is -0.400. The van der Waals surface area contributed by atoms with Crippen molar-refractivity contribution in [3.8, 4) is 0 Å². The minimum absolute atomic E-state index is 0.0500. The maximum absolute atomic E-state index is 11.8. The van der Waals surface area contributed by atoms with Crippen molar-refractivity contribution in [1.82, 2.24) is 4.90 Å². The number of carbonyl (C=O) groups excluding carboxylic acids is 2. The molecule has 0 spiro atoms. The van der Waals surface area contributed by atoms with E-state index in [0.717, 1.165) is 12.0 Å². The van der Waals surface area contributed by atoms with Crippen molar-refractivity contribution < 1.29 is 14.3 Å². The van der Waals surface area contributed by atoms with Gasteiger partial charge in [-0.05, 0) is 12.0 Å². The third-order valence-electron chi connectivity index (χ3n) is 2.89. The zero-order valence-electron chi connectivity index (χ0n) is 10.3. The van der Waals surface area contributed by atoms with Gasteiger partial charge in [0.05, 0.1) is 12.8 Å². The van der Waals surface area contributed by atoms with Gasteiger partial charge in [-0.25, -0.2) is 4.79 Å². The molecule has 1 aromatic rings. The van der Waals surface area contributed by atoms with Crippen molar-refractivity contribution in [2.24, 2.45) is 0 Å². The highest BCUT2D eigenvalue weighted by molar-refractivity contribution is 5.96. The molecule has 1 amide bonds. The summed E-state index contributed by atoms with van der Waals surface area (Å²) in [5.41, 5.74) is 1.46. The first kappa shape index (κ1) is 12.4. The van der Waals surface area contributed by atoms with Crippen LogP contribution in [0.15, 0.2) is 36.4 Å². The first-order chi connectivity index (χ1) is 8.72. The Morgan fingerprint density at radius 3 is 2.61 bits per heavy atom. The zero-order valence-corrected chi connectivity index (χ0v) is 10.3. The smallest absolute Gasteiger partial charge is 0.332 e. The van der Waals surface area contributed by atoms with Crippen LogP contribution in [0.4, 0.5) is 0 Å². The summed E-state index contributed by atoms with van der Waals surface area (Å²) in [5, 5.41) is 0. The maximum Gasteiger partial charge on any atom is 0.332 e. The molecule has 1 aliphatic heterocycles. The number of esters is 1. The third-order valence-corrected chi connectivity index (χ3v) is 2.89. The molecule has 0 saturated carbocycles.